The van der Waals surface area contributed by atoms with Gasteiger partial charge in [-0.3, -0.25) is 0 Å². The Morgan fingerprint density at radius 2 is 1.90 bits per heavy atom. The summed E-state index contributed by atoms with van der Waals surface area (Å²) in [5.41, 5.74) is 0.607. The minimum atomic E-state index is -0.761. The van der Waals surface area contributed by atoms with Gasteiger partial charge in [-0.1, -0.05) is 6.07 Å². The number of halogens is 2. The molecule has 106 valence electrons. The molecule has 2 rings (SSSR count). The SMILES string of the molecule is CCOc1cccc(Nc2nc(NC)c(F)cc2F)c1. The van der Waals surface area contributed by atoms with Crippen LogP contribution in [0.1, 0.15) is 6.92 Å². The predicted octanol–water partition coefficient (Wildman–Crippen LogP) is 3.54. The van der Waals surface area contributed by atoms with Crippen molar-refractivity contribution in [3.63, 3.8) is 0 Å². The van der Waals surface area contributed by atoms with Crippen LogP contribution in [0.2, 0.25) is 0 Å². The fourth-order valence-corrected chi connectivity index (χ4v) is 1.70. The first-order valence-corrected chi connectivity index (χ1v) is 6.17. The molecular formula is C14H15F2N3O. The first-order chi connectivity index (χ1) is 9.63. The highest BCUT2D eigenvalue weighted by Crippen LogP contribution is 2.24. The van der Waals surface area contributed by atoms with Crippen LogP contribution in [0.25, 0.3) is 0 Å². The van der Waals surface area contributed by atoms with Gasteiger partial charge in [0.15, 0.2) is 23.3 Å². The number of pyridine rings is 1. The molecule has 0 unspecified atom stereocenters. The Morgan fingerprint density at radius 1 is 1.15 bits per heavy atom. The molecule has 0 aliphatic heterocycles. The van der Waals surface area contributed by atoms with Crippen molar-refractivity contribution in [3.8, 4) is 5.75 Å². The highest BCUT2D eigenvalue weighted by Gasteiger charge is 2.11. The molecule has 0 atom stereocenters. The van der Waals surface area contributed by atoms with Crippen LogP contribution in [-0.2, 0) is 0 Å². The summed E-state index contributed by atoms with van der Waals surface area (Å²) in [6.07, 6.45) is 0. The highest BCUT2D eigenvalue weighted by atomic mass is 19.1. The van der Waals surface area contributed by atoms with Gasteiger partial charge in [0.1, 0.15) is 5.75 Å². The van der Waals surface area contributed by atoms with E-state index >= 15 is 0 Å². The Kier molecular flexibility index (Phi) is 4.34. The second-order valence-electron chi connectivity index (χ2n) is 3.99. The van der Waals surface area contributed by atoms with Crippen LogP contribution in [0.15, 0.2) is 30.3 Å². The molecule has 2 aromatic rings. The number of hydrogen-bond acceptors (Lipinski definition) is 4. The number of hydrogen-bond donors (Lipinski definition) is 2. The van der Waals surface area contributed by atoms with E-state index in [1.807, 2.05) is 6.92 Å². The minimum absolute atomic E-state index is 0.0186. The number of nitrogens with one attached hydrogen (secondary N) is 2. The molecule has 0 bridgehead atoms. The lowest BCUT2D eigenvalue weighted by molar-refractivity contribution is 0.340. The maximum absolute atomic E-state index is 13.7. The number of benzene rings is 1. The van der Waals surface area contributed by atoms with Crippen LogP contribution >= 0.6 is 0 Å². The van der Waals surface area contributed by atoms with E-state index in [1.54, 1.807) is 24.3 Å². The molecule has 1 heterocycles. The fourth-order valence-electron chi connectivity index (χ4n) is 1.70. The summed E-state index contributed by atoms with van der Waals surface area (Å²) >= 11 is 0. The second kappa shape index (κ2) is 6.18. The normalized spacial score (nSPS) is 10.2. The van der Waals surface area contributed by atoms with Gasteiger partial charge >= 0.3 is 0 Å². The first kappa shape index (κ1) is 14.0. The molecule has 0 aliphatic carbocycles. The van der Waals surface area contributed by atoms with Gasteiger partial charge in [-0.15, -0.1) is 0 Å². The zero-order valence-corrected chi connectivity index (χ0v) is 11.2. The van der Waals surface area contributed by atoms with Crippen LogP contribution in [0.5, 0.6) is 5.75 Å². The summed E-state index contributed by atoms with van der Waals surface area (Å²) in [5, 5.41) is 5.36. The van der Waals surface area contributed by atoms with Gasteiger partial charge < -0.3 is 15.4 Å². The smallest absolute Gasteiger partial charge is 0.169 e. The number of anilines is 3. The molecule has 0 amide bonds. The van der Waals surface area contributed by atoms with Crippen LogP contribution < -0.4 is 15.4 Å². The Hall–Kier alpha value is -2.37. The molecule has 2 N–H and O–H groups in total. The van der Waals surface area contributed by atoms with Crippen LogP contribution in [0, 0.1) is 11.6 Å². The number of ether oxygens (including phenoxy) is 1. The molecule has 1 aromatic heterocycles. The summed E-state index contributed by atoms with van der Waals surface area (Å²) in [6.45, 7) is 2.41. The van der Waals surface area contributed by atoms with Gasteiger partial charge in [0.2, 0.25) is 0 Å². The van der Waals surface area contributed by atoms with Gasteiger partial charge in [0.05, 0.1) is 6.61 Å². The van der Waals surface area contributed by atoms with E-state index in [2.05, 4.69) is 15.6 Å². The molecule has 0 saturated heterocycles. The highest BCUT2D eigenvalue weighted by molar-refractivity contribution is 5.60. The number of rotatable bonds is 5. The summed E-state index contributed by atoms with van der Waals surface area (Å²) < 4.78 is 32.4. The zero-order valence-electron chi connectivity index (χ0n) is 11.2. The summed E-state index contributed by atoms with van der Waals surface area (Å²) in [6, 6.07) is 7.81. The number of nitrogens with zero attached hydrogens (tertiary/aromatic N) is 1. The van der Waals surface area contributed by atoms with Crippen molar-refractivity contribution in [2.24, 2.45) is 0 Å². The van der Waals surface area contributed by atoms with Gasteiger partial charge in [-0.2, -0.15) is 0 Å². The van der Waals surface area contributed by atoms with Crippen molar-refractivity contribution in [2.75, 3.05) is 24.3 Å². The van der Waals surface area contributed by atoms with Crippen molar-refractivity contribution in [1.29, 1.82) is 0 Å². The molecule has 6 heteroatoms. The van der Waals surface area contributed by atoms with Crippen LogP contribution in [0.3, 0.4) is 0 Å². The average molecular weight is 279 g/mol. The molecular weight excluding hydrogens is 264 g/mol. The van der Waals surface area contributed by atoms with Crippen molar-refractivity contribution < 1.29 is 13.5 Å². The largest absolute Gasteiger partial charge is 0.494 e. The quantitative estimate of drug-likeness (QED) is 0.878. The van der Waals surface area contributed by atoms with E-state index in [9.17, 15) is 8.78 Å². The van der Waals surface area contributed by atoms with E-state index < -0.39 is 11.6 Å². The maximum Gasteiger partial charge on any atom is 0.169 e. The standard InChI is InChI=1S/C14H15F2N3O/c1-3-20-10-6-4-5-9(7-10)18-14-12(16)8-11(15)13(17-2)19-14/h4-8H,3H2,1-2H3,(H2,17,18,19). The molecule has 0 fully saturated rings. The lowest BCUT2D eigenvalue weighted by atomic mass is 10.3. The van der Waals surface area contributed by atoms with E-state index in [0.717, 1.165) is 6.07 Å². The lowest BCUT2D eigenvalue weighted by Crippen LogP contribution is -2.03. The fraction of sp³-hybridized carbons (Fsp3) is 0.214. The minimum Gasteiger partial charge on any atom is -0.494 e. The molecule has 0 spiro atoms. The molecule has 0 aliphatic rings. The van der Waals surface area contributed by atoms with Crippen LogP contribution in [-0.4, -0.2) is 18.6 Å². The van der Waals surface area contributed by atoms with E-state index in [4.69, 9.17) is 4.74 Å². The summed E-state index contributed by atoms with van der Waals surface area (Å²) in [5.74, 6) is -0.907. The number of aromatic nitrogens is 1. The van der Waals surface area contributed by atoms with Gasteiger partial charge in [-0.05, 0) is 19.1 Å². The summed E-state index contributed by atoms with van der Waals surface area (Å²) in [7, 11) is 1.52. The van der Waals surface area contributed by atoms with E-state index in [-0.39, 0.29) is 11.6 Å². The Balaban J connectivity index is 2.27. The third-order valence-corrected chi connectivity index (χ3v) is 2.57. The van der Waals surface area contributed by atoms with Crippen LogP contribution in [0.4, 0.5) is 26.1 Å². The second-order valence-corrected chi connectivity index (χ2v) is 3.99. The maximum atomic E-state index is 13.7. The first-order valence-electron chi connectivity index (χ1n) is 6.17. The Morgan fingerprint density at radius 3 is 2.60 bits per heavy atom. The third-order valence-electron chi connectivity index (χ3n) is 2.57. The summed E-state index contributed by atoms with van der Waals surface area (Å²) in [4.78, 5) is 3.85. The topological polar surface area (TPSA) is 46.2 Å². The van der Waals surface area contributed by atoms with Gasteiger partial charge in [0, 0.05) is 24.9 Å². The van der Waals surface area contributed by atoms with Crippen molar-refractivity contribution in [1.82, 2.24) is 4.98 Å². The lowest BCUT2D eigenvalue weighted by Gasteiger charge is -2.10. The Bertz CT molecular complexity index is 605. The van der Waals surface area contributed by atoms with Crippen molar-refractivity contribution in [2.45, 2.75) is 6.92 Å². The van der Waals surface area contributed by atoms with Crippen molar-refractivity contribution in [3.05, 3.63) is 42.0 Å². The van der Waals surface area contributed by atoms with E-state index in [0.29, 0.717) is 18.0 Å². The predicted molar refractivity (Wildman–Crippen MR) is 74.6 cm³/mol. The third kappa shape index (κ3) is 3.14. The molecule has 0 saturated carbocycles. The van der Waals surface area contributed by atoms with E-state index in [1.165, 1.54) is 7.05 Å². The Labute approximate surface area is 115 Å². The van der Waals surface area contributed by atoms with Gasteiger partial charge in [-0.25, -0.2) is 13.8 Å². The molecule has 4 nitrogen and oxygen atoms in total. The zero-order chi connectivity index (χ0) is 14.5. The average Bonchev–Trinajstić information content (AvgIpc) is 2.43. The molecule has 1 aromatic carbocycles. The molecule has 0 radical (unpaired) electrons. The van der Waals surface area contributed by atoms with Crippen molar-refractivity contribution >= 4 is 17.3 Å². The van der Waals surface area contributed by atoms with Gasteiger partial charge in [0.25, 0.3) is 0 Å². The monoisotopic (exact) mass is 279 g/mol. The molecule has 20 heavy (non-hydrogen) atoms.